The van der Waals surface area contributed by atoms with Gasteiger partial charge < -0.3 is 9.47 Å². The molecule has 100 valence electrons. The van der Waals surface area contributed by atoms with E-state index in [1.165, 1.54) is 11.1 Å². The smallest absolute Gasteiger partial charge is 0.118 e. The Bertz CT molecular complexity index is 444. The molecule has 0 saturated carbocycles. The van der Waals surface area contributed by atoms with E-state index in [-0.39, 0.29) is 0 Å². The van der Waals surface area contributed by atoms with Crippen LogP contribution in [0.15, 0.2) is 48.5 Å². The number of thioether (sulfide) groups is 1. The van der Waals surface area contributed by atoms with Crippen molar-refractivity contribution >= 4 is 11.8 Å². The molecule has 0 N–H and O–H groups in total. The second kappa shape index (κ2) is 7.10. The molecule has 2 rings (SSSR count). The minimum Gasteiger partial charge on any atom is -0.497 e. The molecule has 0 radical (unpaired) electrons. The van der Waals surface area contributed by atoms with Crippen LogP contribution >= 0.6 is 11.8 Å². The van der Waals surface area contributed by atoms with Gasteiger partial charge in [0.2, 0.25) is 0 Å². The molecule has 3 heteroatoms. The zero-order valence-electron chi connectivity index (χ0n) is 11.3. The molecule has 0 unspecified atom stereocenters. The fraction of sp³-hybridized carbons (Fsp3) is 0.250. The summed E-state index contributed by atoms with van der Waals surface area (Å²) < 4.78 is 10.3. The Balaban J connectivity index is 1.81. The van der Waals surface area contributed by atoms with Gasteiger partial charge in [-0.15, -0.1) is 0 Å². The van der Waals surface area contributed by atoms with Crippen LogP contribution in [0.1, 0.15) is 11.1 Å². The van der Waals surface area contributed by atoms with E-state index in [1.807, 2.05) is 36.0 Å². The van der Waals surface area contributed by atoms with Crippen molar-refractivity contribution in [2.24, 2.45) is 0 Å². The molecule has 0 fully saturated rings. The van der Waals surface area contributed by atoms with Gasteiger partial charge in [-0.1, -0.05) is 24.3 Å². The van der Waals surface area contributed by atoms with E-state index in [9.17, 15) is 0 Å². The third-order valence-corrected chi connectivity index (χ3v) is 3.93. The maximum absolute atomic E-state index is 5.15. The first kappa shape index (κ1) is 13.8. The maximum atomic E-state index is 5.15. The molecule has 0 aliphatic carbocycles. The molecule has 2 nitrogen and oxygen atoms in total. The molecule has 0 spiro atoms. The Kier molecular flexibility index (Phi) is 5.16. The average molecular weight is 274 g/mol. The van der Waals surface area contributed by atoms with Crippen molar-refractivity contribution in [2.75, 3.05) is 14.2 Å². The van der Waals surface area contributed by atoms with Gasteiger partial charge >= 0.3 is 0 Å². The van der Waals surface area contributed by atoms with Crippen molar-refractivity contribution in [3.05, 3.63) is 59.7 Å². The predicted octanol–water partition coefficient (Wildman–Crippen LogP) is 4.14. The molecular formula is C16H18O2S. The number of benzene rings is 2. The predicted molar refractivity (Wildman–Crippen MR) is 81.0 cm³/mol. The van der Waals surface area contributed by atoms with Crippen LogP contribution in [0.4, 0.5) is 0 Å². The Morgan fingerprint density at radius 1 is 0.684 bits per heavy atom. The average Bonchev–Trinajstić information content (AvgIpc) is 2.49. The lowest BCUT2D eigenvalue weighted by Gasteiger charge is -2.05. The minimum absolute atomic E-state index is 0.906. The van der Waals surface area contributed by atoms with Gasteiger partial charge in [0.25, 0.3) is 0 Å². The van der Waals surface area contributed by atoms with Crippen molar-refractivity contribution in [2.45, 2.75) is 11.5 Å². The summed E-state index contributed by atoms with van der Waals surface area (Å²) in [4.78, 5) is 0. The molecule has 19 heavy (non-hydrogen) atoms. The van der Waals surface area contributed by atoms with E-state index >= 15 is 0 Å². The Hall–Kier alpha value is -1.61. The molecule has 2 aromatic rings. The van der Waals surface area contributed by atoms with E-state index in [4.69, 9.17) is 9.47 Å². The van der Waals surface area contributed by atoms with Crippen molar-refractivity contribution < 1.29 is 9.47 Å². The van der Waals surface area contributed by atoms with E-state index in [2.05, 4.69) is 24.3 Å². The molecular weight excluding hydrogens is 256 g/mol. The zero-order valence-corrected chi connectivity index (χ0v) is 12.1. The van der Waals surface area contributed by atoms with Gasteiger partial charge in [-0.25, -0.2) is 0 Å². The van der Waals surface area contributed by atoms with Crippen LogP contribution in [0.25, 0.3) is 0 Å². The number of hydrogen-bond donors (Lipinski definition) is 0. The Morgan fingerprint density at radius 2 is 1.05 bits per heavy atom. The number of ether oxygens (including phenoxy) is 2. The summed E-state index contributed by atoms with van der Waals surface area (Å²) >= 11 is 1.90. The highest BCUT2D eigenvalue weighted by molar-refractivity contribution is 7.97. The molecule has 0 atom stereocenters. The number of hydrogen-bond acceptors (Lipinski definition) is 3. The van der Waals surface area contributed by atoms with Crippen LogP contribution in [-0.4, -0.2) is 14.2 Å². The second-order valence-corrected chi connectivity index (χ2v) is 5.17. The number of methoxy groups -OCH3 is 2. The summed E-state index contributed by atoms with van der Waals surface area (Å²) in [7, 11) is 3.38. The highest BCUT2D eigenvalue weighted by Crippen LogP contribution is 2.21. The van der Waals surface area contributed by atoms with Crippen LogP contribution in [0.2, 0.25) is 0 Å². The molecule has 0 amide bonds. The third-order valence-electron chi connectivity index (χ3n) is 2.86. The summed E-state index contributed by atoms with van der Waals surface area (Å²) in [6.07, 6.45) is 0. The topological polar surface area (TPSA) is 18.5 Å². The summed E-state index contributed by atoms with van der Waals surface area (Å²) in [5.74, 6) is 3.83. The van der Waals surface area contributed by atoms with Gasteiger partial charge in [-0.2, -0.15) is 11.8 Å². The lowest BCUT2D eigenvalue weighted by Crippen LogP contribution is -1.86. The molecule has 0 aliphatic rings. The van der Waals surface area contributed by atoms with Crippen molar-refractivity contribution in [3.8, 4) is 11.5 Å². The van der Waals surface area contributed by atoms with E-state index < -0.39 is 0 Å². The first-order valence-electron chi connectivity index (χ1n) is 6.15. The monoisotopic (exact) mass is 274 g/mol. The van der Waals surface area contributed by atoms with Crippen LogP contribution in [-0.2, 0) is 11.5 Å². The zero-order chi connectivity index (χ0) is 13.5. The van der Waals surface area contributed by atoms with Crippen molar-refractivity contribution in [3.63, 3.8) is 0 Å². The minimum atomic E-state index is 0.906. The van der Waals surface area contributed by atoms with Crippen molar-refractivity contribution in [1.29, 1.82) is 0 Å². The summed E-state index contributed by atoms with van der Waals surface area (Å²) in [6, 6.07) is 16.5. The molecule has 0 heterocycles. The van der Waals surface area contributed by atoms with Gasteiger partial charge in [0.05, 0.1) is 14.2 Å². The summed E-state index contributed by atoms with van der Waals surface area (Å²) in [5, 5.41) is 0. The first-order chi connectivity index (χ1) is 9.31. The molecule has 0 aliphatic heterocycles. The van der Waals surface area contributed by atoms with Crippen LogP contribution in [0.5, 0.6) is 11.5 Å². The summed E-state index contributed by atoms with van der Waals surface area (Å²) in [5.41, 5.74) is 2.64. The van der Waals surface area contributed by atoms with Gasteiger partial charge in [-0.05, 0) is 35.4 Å². The highest BCUT2D eigenvalue weighted by Gasteiger charge is 1.98. The maximum Gasteiger partial charge on any atom is 0.118 e. The van der Waals surface area contributed by atoms with Gasteiger partial charge in [0, 0.05) is 11.5 Å². The fourth-order valence-corrected chi connectivity index (χ4v) is 2.69. The largest absolute Gasteiger partial charge is 0.497 e. The molecule has 0 aromatic heterocycles. The third kappa shape index (κ3) is 4.21. The van der Waals surface area contributed by atoms with E-state index in [0.717, 1.165) is 23.0 Å². The molecule has 0 bridgehead atoms. The SMILES string of the molecule is COc1ccc(CSCc2ccc(OC)cc2)cc1. The van der Waals surface area contributed by atoms with Crippen LogP contribution < -0.4 is 9.47 Å². The Labute approximate surface area is 118 Å². The lowest BCUT2D eigenvalue weighted by molar-refractivity contribution is 0.414. The second-order valence-electron chi connectivity index (χ2n) is 4.19. The molecule has 0 saturated heterocycles. The Morgan fingerprint density at radius 3 is 1.37 bits per heavy atom. The normalized spacial score (nSPS) is 10.2. The standard InChI is InChI=1S/C16H18O2S/c1-17-15-7-3-13(4-8-15)11-19-12-14-5-9-16(18-2)10-6-14/h3-10H,11-12H2,1-2H3. The highest BCUT2D eigenvalue weighted by atomic mass is 32.2. The van der Waals surface area contributed by atoms with Crippen molar-refractivity contribution in [1.82, 2.24) is 0 Å². The quantitative estimate of drug-likeness (QED) is 0.789. The fourth-order valence-electron chi connectivity index (χ4n) is 1.73. The number of rotatable bonds is 6. The van der Waals surface area contributed by atoms with Gasteiger partial charge in [0.1, 0.15) is 11.5 Å². The van der Waals surface area contributed by atoms with Crippen LogP contribution in [0, 0.1) is 0 Å². The summed E-state index contributed by atoms with van der Waals surface area (Å²) in [6.45, 7) is 0. The van der Waals surface area contributed by atoms with Gasteiger partial charge in [-0.3, -0.25) is 0 Å². The first-order valence-corrected chi connectivity index (χ1v) is 7.31. The van der Waals surface area contributed by atoms with E-state index in [0.29, 0.717) is 0 Å². The lowest BCUT2D eigenvalue weighted by atomic mass is 10.2. The molecule has 2 aromatic carbocycles. The van der Waals surface area contributed by atoms with Gasteiger partial charge in [0.15, 0.2) is 0 Å². The van der Waals surface area contributed by atoms with Crippen LogP contribution in [0.3, 0.4) is 0 Å². The van der Waals surface area contributed by atoms with E-state index in [1.54, 1.807) is 14.2 Å².